The van der Waals surface area contributed by atoms with E-state index in [4.69, 9.17) is 4.74 Å². The Labute approximate surface area is 199 Å². The van der Waals surface area contributed by atoms with Gasteiger partial charge in [-0.1, -0.05) is 12.1 Å². The molecule has 1 amide bonds. The van der Waals surface area contributed by atoms with Crippen molar-refractivity contribution in [1.82, 2.24) is 24.6 Å². The van der Waals surface area contributed by atoms with Gasteiger partial charge in [0.05, 0.1) is 25.7 Å². The van der Waals surface area contributed by atoms with E-state index in [0.29, 0.717) is 17.0 Å². The molecule has 178 valence electrons. The van der Waals surface area contributed by atoms with Crippen LogP contribution in [0.25, 0.3) is 11.3 Å². The summed E-state index contributed by atoms with van der Waals surface area (Å²) in [5.74, 6) is -0.225. The third-order valence-corrected chi connectivity index (χ3v) is 5.22. The number of hydrogen-bond donors (Lipinski definition) is 1. The Bertz CT molecular complexity index is 1460. The third kappa shape index (κ3) is 5.85. The minimum Gasteiger partial charge on any atom is -0.497 e. The summed E-state index contributed by atoms with van der Waals surface area (Å²) < 4.78 is 21.0. The number of rotatable bonds is 8. The van der Waals surface area contributed by atoms with Crippen LogP contribution in [0.5, 0.6) is 5.75 Å². The summed E-state index contributed by atoms with van der Waals surface area (Å²) in [6.45, 7) is 0.371. The summed E-state index contributed by atoms with van der Waals surface area (Å²) in [7, 11) is 1.58. The molecule has 4 rings (SSSR count). The van der Waals surface area contributed by atoms with E-state index in [0.717, 1.165) is 10.2 Å². The molecular weight excluding hydrogens is 453 g/mol. The molecule has 0 aliphatic carbocycles. The van der Waals surface area contributed by atoms with Crippen LogP contribution >= 0.6 is 0 Å². The van der Waals surface area contributed by atoms with Crippen molar-refractivity contribution in [2.24, 2.45) is 0 Å². The molecule has 2 aromatic carbocycles. The average Bonchev–Trinajstić information content (AvgIpc) is 2.86. The normalized spacial score (nSPS) is 10.7. The maximum atomic E-state index is 13.4. The van der Waals surface area contributed by atoms with Crippen LogP contribution in [-0.4, -0.2) is 38.9 Å². The SMILES string of the molecule is COc1ccc(-c2cc(=O)n(CCNC(=O)c3ccc(=O)n(Cc4cccc(F)c4)n3)cn2)cc1. The molecule has 10 heteroatoms. The Kier molecular flexibility index (Phi) is 7.10. The van der Waals surface area contributed by atoms with Crippen LogP contribution in [-0.2, 0) is 13.1 Å². The molecule has 0 aliphatic heterocycles. The summed E-state index contributed by atoms with van der Waals surface area (Å²) in [5.41, 5.74) is 1.20. The van der Waals surface area contributed by atoms with Crippen LogP contribution in [0.15, 0.2) is 82.6 Å². The lowest BCUT2D eigenvalue weighted by Crippen LogP contribution is -2.33. The fourth-order valence-electron chi connectivity index (χ4n) is 3.39. The first kappa shape index (κ1) is 23.6. The molecule has 0 fully saturated rings. The van der Waals surface area contributed by atoms with Gasteiger partial charge in [-0.2, -0.15) is 5.10 Å². The molecule has 0 saturated carbocycles. The molecule has 4 aromatic rings. The largest absolute Gasteiger partial charge is 0.497 e. The number of amides is 1. The van der Waals surface area contributed by atoms with E-state index in [1.807, 2.05) is 12.1 Å². The molecular formula is C25H22FN5O4. The summed E-state index contributed by atoms with van der Waals surface area (Å²) in [5, 5.41) is 6.75. The highest BCUT2D eigenvalue weighted by Crippen LogP contribution is 2.19. The highest BCUT2D eigenvalue weighted by Gasteiger charge is 2.11. The van der Waals surface area contributed by atoms with E-state index in [1.54, 1.807) is 25.3 Å². The van der Waals surface area contributed by atoms with Gasteiger partial charge in [0.25, 0.3) is 17.0 Å². The second-order valence-corrected chi connectivity index (χ2v) is 7.63. The summed E-state index contributed by atoms with van der Waals surface area (Å²) in [4.78, 5) is 41.4. The van der Waals surface area contributed by atoms with Gasteiger partial charge in [-0.05, 0) is 48.0 Å². The van der Waals surface area contributed by atoms with E-state index in [2.05, 4.69) is 15.4 Å². The quantitative estimate of drug-likeness (QED) is 0.418. The predicted molar refractivity (Wildman–Crippen MR) is 127 cm³/mol. The van der Waals surface area contributed by atoms with Crippen molar-refractivity contribution in [3.8, 4) is 17.0 Å². The van der Waals surface area contributed by atoms with Crippen LogP contribution in [0.3, 0.4) is 0 Å². The highest BCUT2D eigenvalue weighted by atomic mass is 19.1. The summed E-state index contributed by atoms with van der Waals surface area (Å²) >= 11 is 0. The maximum Gasteiger partial charge on any atom is 0.271 e. The lowest BCUT2D eigenvalue weighted by atomic mass is 10.1. The topological polar surface area (TPSA) is 108 Å². The minimum absolute atomic E-state index is 0.0271. The Morgan fingerprint density at radius 1 is 1.03 bits per heavy atom. The van der Waals surface area contributed by atoms with Gasteiger partial charge in [0, 0.05) is 30.8 Å². The first-order valence-corrected chi connectivity index (χ1v) is 10.7. The molecule has 0 radical (unpaired) electrons. The van der Waals surface area contributed by atoms with Crippen molar-refractivity contribution in [2.45, 2.75) is 13.1 Å². The number of halogens is 1. The van der Waals surface area contributed by atoms with Crippen molar-refractivity contribution in [3.05, 3.63) is 111 Å². The molecule has 0 spiro atoms. The highest BCUT2D eigenvalue weighted by molar-refractivity contribution is 5.91. The van der Waals surface area contributed by atoms with Crippen molar-refractivity contribution >= 4 is 5.91 Å². The second kappa shape index (κ2) is 10.6. The average molecular weight is 475 g/mol. The van der Waals surface area contributed by atoms with Crippen LogP contribution in [0.4, 0.5) is 4.39 Å². The molecule has 9 nitrogen and oxygen atoms in total. The smallest absolute Gasteiger partial charge is 0.271 e. The summed E-state index contributed by atoms with van der Waals surface area (Å²) in [6.07, 6.45) is 1.42. The number of carbonyl (C=O) groups is 1. The molecule has 0 atom stereocenters. The molecule has 0 saturated heterocycles. The molecule has 35 heavy (non-hydrogen) atoms. The molecule has 0 aliphatic rings. The standard InChI is InChI=1S/C25H22FN5O4/c1-35-20-7-5-18(6-8-20)22-14-24(33)30(16-28-22)12-11-27-25(34)21-9-10-23(32)31(29-21)15-17-3-2-4-19(26)13-17/h2-10,13-14,16H,11-12,15H2,1H3,(H,27,34). The number of hydrogen-bond acceptors (Lipinski definition) is 6. The number of methoxy groups -OCH3 is 1. The number of benzene rings is 2. The van der Waals surface area contributed by atoms with E-state index in [9.17, 15) is 18.8 Å². The van der Waals surface area contributed by atoms with Gasteiger partial charge in [0.2, 0.25) is 0 Å². The van der Waals surface area contributed by atoms with Crippen LogP contribution in [0, 0.1) is 5.82 Å². The Hall–Kier alpha value is -4.60. The van der Waals surface area contributed by atoms with E-state index >= 15 is 0 Å². The minimum atomic E-state index is -0.506. The second-order valence-electron chi connectivity index (χ2n) is 7.63. The Morgan fingerprint density at radius 2 is 1.83 bits per heavy atom. The molecule has 2 aromatic heterocycles. The van der Waals surface area contributed by atoms with E-state index in [1.165, 1.54) is 47.3 Å². The predicted octanol–water partition coefficient (Wildman–Crippen LogP) is 2.09. The van der Waals surface area contributed by atoms with Gasteiger partial charge in [0.1, 0.15) is 17.3 Å². The van der Waals surface area contributed by atoms with E-state index < -0.39 is 17.3 Å². The van der Waals surface area contributed by atoms with Crippen LogP contribution in [0.1, 0.15) is 16.1 Å². The van der Waals surface area contributed by atoms with Gasteiger partial charge < -0.3 is 10.1 Å². The lowest BCUT2D eigenvalue weighted by molar-refractivity contribution is 0.0944. The van der Waals surface area contributed by atoms with Crippen LogP contribution in [0.2, 0.25) is 0 Å². The van der Waals surface area contributed by atoms with Gasteiger partial charge in [-0.25, -0.2) is 14.1 Å². The molecule has 0 unspecified atom stereocenters. The molecule has 0 bridgehead atoms. The van der Waals surface area contributed by atoms with Gasteiger partial charge in [-0.15, -0.1) is 0 Å². The zero-order valence-electron chi connectivity index (χ0n) is 18.8. The number of carbonyl (C=O) groups excluding carboxylic acids is 1. The summed E-state index contributed by atoms with van der Waals surface area (Å²) in [6, 6.07) is 17.0. The monoisotopic (exact) mass is 475 g/mol. The molecule has 1 N–H and O–H groups in total. The lowest BCUT2D eigenvalue weighted by Gasteiger charge is -2.10. The van der Waals surface area contributed by atoms with Crippen molar-refractivity contribution in [2.75, 3.05) is 13.7 Å². The van der Waals surface area contributed by atoms with Crippen molar-refractivity contribution < 1.29 is 13.9 Å². The van der Waals surface area contributed by atoms with Gasteiger partial charge >= 0.3 is 0 Å². The first-order valence-electron chi connectivity index (χ1n) is 10.7. The Morgan fingerprint density at radius 3 is 2.54 bits per heavy atom. The Balaban J connectivity index is 1.38. The number of ether oxygens (including phenoxy) is 1. The molecule has 2 heterocycles. The maximum absolute atomic E-state index is 13.4. The first-order chi connectivity index (χ1) is 16.9. The number of nitrogens with one attached hydrogen (secondary N) is 1. The zero-order valence-corrected chi connectivity index (χ0v) is 18.8. The van der Waals surface area contributed by atoms with E-state index in [-0.39, 0.29) is 30.9 Å². The van der Waals surface area contributed by atoms with Gasteiger partial charge in [-0.3, -0.25) is 19.0 Å². The van der Waals surface area contributed by atoms with Crippen molar-refractivity contribution in [3.63, 3.8) is 0 Å². The number of aromatic nitrogens is 4. The fraction of sp³-hybridized carbons (Fsp3) is 0.160. The van der Waals surface area contributed by atoms with Crippen LogP contribution < -0.4 is 21.2 Å². The van der Waals surface area contributed by atoms with Crippen molar-refractivity contribution in [1.29, 1.82) is 0 Å². The van der Waals surface area contributed by atoms with Gasteiger partial charge in [0.15, 0.2) is 0 Å². The fourth-order valence-corrected chi connectivity index (χ4v) is 3.39. The third-order valence-electron chi connectivity index (χ3n) is 5.22. The number of nitrogens with zero attached hydrogens (tertiary/aromatic N) is 4. The zero-order chi connectivity index (χ0) is 24.8.